The maximum atomic E-state index is 13.4. The summed E-state index contributed by atoms with van der Waals surface area (Å²) in [4.78, 5) is 19.3. The van der Waals surface area contributed by atoms with Crippen LogP contribution < -0.4 is 0 Å². The molecule has 0 fully saturated rings. The van der Waals surface area contributed by atoms with Crippen LogP contribution in [-0.4, -0.2) is 42.1 Å². The van der Waals surface area contributed by atoms with Gasteiger partial charge in [0.05, 0.1) is 31.3 Å². The minimum absolute atomic E-state index is 0.296. The molecule has 0 amide bonds. The largest absolute Gasteiger partial charge is 0.481 e. The Bertz CT molecular complexity index is 944. The third-order valence-electron chi connectivity index (χ3n) is 3.57. The first-order valence-corrected chi connectivity index (χ1v) is 8.28. The third kappa shape index (κ3) is 7.13. The second kappa shape index (κ2) is 10.1. The van der Waals surface area contributed by atoms with Crippen LogP contribution in [-0.2, 0) is 16.1 Å². The lowest BCUT2D eigenvalue weighted by atomic mass is 10.1. The van der Waals surface area contributed by atoms with E-state index >= 15 is 0 Å². The van der Waals surface area contributed by atoms with E-state index in [4.69, 9.17) is 10.2 Å². The lowest BCUT2D eigenvalue weighted by Gasteiger charge is -2.03. The molecule has 0 atom stereocenters. The summed E-state index contributed by atoms with van der Waals surface area (Å²) in [6, 6.07) is 5.12. The van der Waals surface area contributed by atoms with Crippen LogP contribution in [0.3, 0.4) is 0 Å². The van der Waals surface area contributed by atoms with Gasteiger partial charge in [0, 0.05) is 23.5 Å². The summed E-state index contributed by atoms with van der Waals surface area (Å²) >= 11 is 0. The lowest BCUT2D eigenvalue weighted by molar-refractivity contribution is -0.143. The number of alkyl halides is 2. The summed E-state index contributed by atoms with van der Waals surface area (Å²) in [6.45, 7) is 0.445. The molecule has 0 saturated carbocycles. The molecule has 11 heteroatoms. The molecule has 1 aromatic carbocycles. The number of carboxylic acid groups (broad SMARTS) is 2. The molecule has 29 heavy (non-hydrogen) atoms. The van der Waals surface area contributed by atoms with E-state index in [9.17, 15) is 22.8 Å². The van der Waals surface area contributed by atoms with Crippen LogP contribution in [0.5, 0.6) is 0 Å². The Morgan fingerprint density at radius 3 is 2.34 bits per heavy atom. The number of aromatic amines is 1. The Labute approximate surface area is 162 Å². The minimum atomic E-state index is -2.71. The molecule has 3 N–H and O–H groups in total. The first-order chi connectivity index (χ1) is 13.7. The summed E-state index contributed by atoms with van der Waals surface area (Å²) in [5.74, 6) is -2.84. The molecule has 0 aliphatic carbocycles. The number of rotatable bonds is 7. The number of carboxylic acids is 2. The van der Waals surface area contributed by atoms with Crippen molar-refractivity contribution >= 4 is 11.9 Å². The van der Waals surface area contributed by atoms with Gasteiger partial charge in [0.1, 0.15) is 5.82 Å². The van der Waals surface area contributed by atoms with E-state index in [1.165, 1.54) is 18.3 Å². The van der Waals surface area contributed by atoms with Crippen molar-refractivity contribution in [2.24, 2.45) is 0 Å². The van der Waals surface area contributed by atoms with E-state index in [2.05, 4.69) is 15.3 Å². The average Bonchev–Trinajstić information content (AvgIpc) is 3.32. The van der Waals surface area contributed by atoms with Crippen LogP contribution >= 0.6 is 0 Å². The monoisotopic (exact) mass is 410 g/mol. The van der Waals surface area contributed by atoms with Gasteiger partial charge in [0.2, 0.25) is 0 Å². The van der Waals surface area contributed by atoms with Crippen LogP contribution in [0, 0.1) is 5.82 Å². The van der Waals surface area contributed by atoms with Gasteiger partial charge >= 0.3 is 11.9 Å². The van der Waals surface area contributed by atoms with Gasteiger partial charge in [0.15, 0.2) is 0 Å². The fourth-order valence-electron chi connectivity index (χ4n) is 2.26. The Morgan fingerprint density at radius 2 is 1.79 bits per heavy atom. The zero-order chi connectivity index (χ0) is 21.4. The van der Waals surface area contributed by atoms with Crippen LogP contribution in [0.4, 0.5) is 13.2 Å². The standard InChI is InChI=1S/C14H11F3N4.C4H6O4/c15-12-4-9(3-10(5-12)14(16)17)11-6-19-21(7-11)8-13-1-2-18-20-13;5-3(6)1-2-4(7)8/h1-7,14H,8H2,(H,18,20);1-2H2,(H,5,6)(H,7,8). The molecule has 154 valence electrons. The summed E-state index contributed by atoms with van der Waals surface area (Å²) in [5.41, 5.74) is 1.40. The number of hydrogen-bond acceptors (Lipinski definition) is 4. The van der Waals surface area contributed by atoms with Crippen molar-refractivity contribution in [2.45, 2.75) is 25.8 Å². The van der Waals surface area contributed by atoms with Gasteiger partial charge in [-0.2, -0.15) is 10.2 Å². The Morgan fingerprint density at radius 1 is 1.10 bits per heavy atom. The van der Waals surface area contributed by atoms with Gasteiger partial charge < -0.3 is 10.2 Å². The molecule has 2 aromatic heterocycles. The highest BCUT2D eigenvalue weighted by Gasteiger charge is 2.12. The van der Waals surface area contributed by atoms with Crippen LogP contribution in [0.1, 0.15) is 30.5 Å². The van der Waals surface area contributed by atoms with Gasteiger partial charge in [-0.1, -0.05) is 0 Å². The minimum Gasteiger partial charge on any atom is -0.481 e. The number of H-pyrrole nitrogens is 1. The number of nitrogens with one attached hydrogen (secondary N) is 1. The normalized spacial score (nSPS) is 10.5. The smallest absolute Gasteiger partial charge is 0.303 e. The first kappa shape index (κ1) is 21.7. The van der Waals surface area contributed by atoms with Gasteiger partial charge in [0.25, 0.3) is 6.43 Å². The SMILES string of the molecule is Fc1cc(-c2cnn(Cc3cc[nH]n3)c2)cc(C(F)F)c1.O=C(O)CCC(=O)O. The highest BCUT2D eigenvalue weighted by atomic mass is 19.3. The van der Waals surface area contributed by atoms with Crippen molar-refractivity contribution in [3.05, 3.63) is 59.9 Å². The lowest BCUT2D eigenvalue weighted by Crippen LogP contribution is -2.00. The van der Waals surface area contributed by atoms with Crippen LogP contribution in [0.15, 0.2) is 42.9 Å². The number of benzene rings is 1. The molecule has 0 saturated heterocycles. The fraction of sp³-hybridized carbons (Fsp3) is 0.222. The topological polar surface area (TPSA) is 121 Å². The second-order valence-electron chi connectivity index (χ2n) is 5.85. The molecule has 3 rings (SSSR count). The van der Waals surface area contributed by atoms with Crippen molar-refractivity contribution in [3.63, 3.8) is 0 Å². The zero-order valence-corrected chi connectivity index (χ0v) is 14.9. The van der Waals surface area contributed by atoms with Crippen molar-refractivity contribution in [2.75, 3.05) is 0 Å². The van der Waals surface area contributed by atoms with E-state index in [1.807, 2.05) is 0 Å². The molecule has 8 nitrogen and oxygen atoms in total. The Balaban J connectivity index is 0.000000321. The third-order valence-corrected chi connectivity index (χ3v) is 3.57. The van der Waals surface area contributed by atoms with E-state index < -0.39 is 24.2 Å². The molecule has 0 bridgehead atoms. The molecule has 0 aliphatic heterocycles. The maximum absolute atomic E-state index is 13.4. The molecular weight excluding hydrogens is 393 g/mol. The van der Waals surface area contributed by atoms with Gasteiger partial charge in [-0.25, -0.2) is 13.2 Å². The van der Waals surface area contributed by atoms with Gasteiger partial charge in [-0.05, 0) is 29.8 Å². The Hall–Kier alpha value is -3.63. The van der Waals surface area contributed by atoms with E-state index in [1.54, 1.807) is 23.1 Å². The number of carbonyl (C=O) groups is 2. The summed E-state index contributed by atoms with van der Waals surface area (Å²) in [5, 5.41) is 26.6. The summed E-state index contributed by atoms with van der Waals surface area (Å²) < 4.78 is 40.4. The molecule has 0 aliphatic rings. The van der Waals surface area contributed by atoms with E-state index in [-0.39, 0.29) is 18.4 Å². The van der Waals surface area contributed by atoms with Gasteiger partial charge in [-0.3, -0.25) is 19.4 Å². The number of aliphatic carboxylic acids is 2. The first-order valence-electron chi connectivity index (χ1n) is 8.28. The van der Waals surface area contributed by atoms with Crippen LogP contribution in [0.2, 0.25) is 0 Å². The van der Waals surface area contributed by atoms with Crippen molar-refractivity contribution in [1.29, 1.82) is 0 Å². The van der Waals surface area contributed by atoms with Gasteiger partial charge in [-0.15, -0.1) is 0 Å². The predicted molar refractivity (Wildman–Crippen MR) is 94.8 cm³/mol. The van der Waals surface area contributed by atoms with Crippen molar-refractivity contribution in [3.8, 4) is 11.1 Å². The molecule has 0 radical (unpaired) electrons. The fourth-order valence-corrected chi connectivity index (χ4v) is 2.26. The summed E-state index contributed by atoms with van der Waals surface area (Å²) in [7, 11) is 0. The predicted octanol–water partition coefficient (Wildman–Crippen LogP) is 3.33. The highest BCUT2D eigenvalue weighted by Crippen LogP contribution is 2.27. The van der Waals surface area contributed by atoms with Crippen LogP contribution in [0.25, 0.3) is 11.1 Å². The molecule has 0 unspecified atom stereocenters. The van der Waals surface area contributed by atoms with Crippen molar-refractivity contribution in [1.82, 2.24) is 20.0 Å². The second-order valence-corrected chi connectivity index (χ2v) is 5.85. The summed E-state index contributed by atoms with van der Waals surface area (Å²) in [6.07, 6.45) is 1.57. The zero-order valence-electron chi connectivity index (χ0n) is 14.9. The molecular formula is C18H17F3N4O4. The maximum Gasteiger partial charge on any atom is 0.303 e. The highest BCUT2D eigenvalue weighted by molar-refractivity contribution is 5.75. The molecule has 0 spiro atoms. The number of aromatic nitrogens is 4. The van der Waals surface area contributed by atoms with E-state index in [0.29, 0.717) is 17.7 Å². The molecule has 2 heterocycles. The molecule has 3 aromatic rings. The quantitative estimate of drug-likeness (QED) is 0.549. The Kier molecular flexibility index (Phi) is 7.52. The number of halogens is 3. The number of hydrogen-bond donors (Lipinski definition) is 3. The van der Waals surface area contributed by atoms with Crippen molar-refractivity contribution < 1.29 is 33.0 Å². The average molecular weight is 410 g/mol. The van der Waals surface area contributed by atoms with E-state index in [0.717, 1.165) is 11.8 Å². The number of nitrogens with zero attached hydrogens (tertiary/aromatic N) is 3.